The molecule has 1 spiro atoms. The first-order valence-corrected chi connectivity index (χ1v) is 19.1. The number of hydrogen-bond donors (Lipinski definition) is 2. The van der Waals surface area contributed by atoms with Crippen molar-refractivity contribution in [2.45, 2.75) is 75.6 Å². The van der Waals surface area contributed by atoms with Crippen LogP contribution in [-0.2, 0) is 26.5 Å². The van der Waals surface area contributed by atoms with E-state index in [1.807, 2.05) is 19.1 Å². The normalized spacial score (nSPS) is 35.1. The fourth-order valence-electron chi connectivity index (χ4n) is 8.02. The fraction of sp³-hybridized carbons (Fsp3) is 0.556. The lowest BCUT2D eigenvalue weighted by Gasteiger charge is -2.46. The van der Waals surface area contributed by atoms with E-state index in [2.05, 4.69) is 37.5 Å². The average molecular weight is 699 g/mol. The summed E-state index contributed by atoms with van der Waals surface area (Å²) in [5.41, 5.74) is 3.30. The highest BCUT2D eigenvalue weighted by Gasteiger charge is 2.44. The van der Waals surface area contributed by atoms with Crippen molar-refractivity contribution in [1.82, 2.24) is 10.0 Å². The molecule has 7 rings (SSSR count). The third-order valence-corrected chi connectivity index (χ3v) is 13.0. The summed E-state index contributed by atoms with van der Waals surface area (Å²) in [5.74, 6) is 0.472. The predicted molar refractivity (Wildman–Crippen MR) is 185 cm³/mol. The van der Waals surface area contributed by atoms with Crippen LogP contribution in [0.1, 0.15) is 66.9 Å². The molecule has 2 aromatic rings. The Labute approximate surface area is 287 Å². The maximum Gasteiger partial charge on any atom is 0.327 e. The molecule has 9 nitrogen and oxygen atoms in total. The molecule has 0 aromatic heterocycles. The Hall–Kier alpha value is -3.15. The average Bonchev–Trinajstić information content (AvgIpc) is 3.75. The second-order valence-corrected chi connectivity index (χ2v) is 16.8. The van der Waals surface area contributed by atoms with Crippen LogP contribution in [0, 0.1) is 17.8 Å². The number of carbonyl (C=O) groups excluding carboxylic acids is 2. The van der Waals surface area contributed by atoms with Gasteiger partial charge in [-0.2, -0.15) is 0 Å². The largest absolute Gasteiger partial charge is 0.490 e. The van der Waals surface area contributed by atoms with Gasteiger partial charge in [0.15, 0.2) is 0 Å². The van der Waals surface area contributed by atoms with Crippen molar-refractivity contribution in [3.05, 3.63) is 70.3 Å². The number of hydrogen-bond acceptors (Lipinski definition) is 6. The molecule has 2 heterocycles. The molecule has 2 saturated carbocycles. The van der Waals surface area contributed by atoms with E-state index in [4.69, 9.17) is 21.1 Å². The molecule has 48 heavy (non-hydrogen) atoms. The Balaban J connectivity index is 1.28. The molecule has 3 amide bonds. The number of urea groups is 1. The van der Waals surface area contributed by atoms with Gasteiger partial charge in [-0.25, -0.2) is 13.4 Å². The molecule has 0 saturated heterocycles. The van der Waals surface area contributed by atoms with Crippen LogP contribution in [0.5, 0.6) is 5.75 Å². The highest BCUT2D eigenvalue weighted by molar-refractivity contribution is 7.92. The Kier molecular flexibility index (Phi) is 9.23. The molecule has 0 radical (unpaired) electrons. The van der Waals surface area contributed by atoms with E-state index in [0.29, 0.717) is 37.2 Å². The van der Waals surface area contributed by atoms with Crippen molar-refractivity contribution in [1.29, 1.82) is 0 Å². The number of amides is 3. The van der Waals surface area contributed by atoms with Crippen LogP contribution in [0.2, 0.25) is 5.02 Å². The number of alkyl halides is 1. The second kappa shape index (κ2) is 13.3. The first kappa shape index (κ1) is 33.4. The first-order valence-electron chi connectivity index (χ1n) is 17.1. The van der Waals surface area contributed by atoms with Crippen LogP contribution in [0.25, 0.3) is 0 Å². The van der Waals surface area contributed by atoms with Gasteiger partial charge in [0, 0.05) is 42.6 Å². The summed E-state index contributed by atoms with van der Waals surface area (Å²) in [7, 11) is -1.81. The van der Waals surface area contributed by atoms with E-state index in [-0.39, 0.29) is 35.2 Å². The van der Waals surface area contributed by atoms with Crippen molar-refractivity contribution in [3.8, 4) is 5.75 Å². The summed E-state index contributed by atoms with van der Waals surface area (Å²) in [6.07, 6.45) is 8.79. The number of rotatable bonds is 3. The number of fused-ring (bicyclic) bond motifs is 4. The van der Waals surface area contributed by atoms with Gasteiger partial charge in [0.1, 0.15) is 21.8 Å². The van der Waals surface area contributed by atoms with Gasteiger partial charge in [-0.3, -0.25) is 9.52 Å². The van der Waals surface area contributed by atoms with Gasteiger partial charge in [0.05, 0.1) is 30.2 Å². The summed E-state index contributed by atoms with van der Waals surface area (Å²) in [5, 5.41) is 3.23. The maximum absolute atomic E-state index is 14.2. The van der Waals surface area contributed by atoms with Gasteiger partial charge >= 0.3 is 6.03 Å². The Bertz CT molecular complexity index is 1750. The number of allylic oxidation sites excluding steroid dienone is 1. The SMILES string of the molecule is CO[C@H]1/C=C\C[C@H](C)CS(=O)(NC(=O)NC2C[C@H]2F)=NC(=O)c2ccc3c(c2)N(C[C@@H]2CC[C@H]21)C[C@@]1(CCCc2cc(Cl)ccc21)CO3. The topological polar surface area (TPSA) is 109 Å². The molecule has 5 aliphatic rings. The minimum Gasteiger partial charge on any atom is -0.490 e. The zero-order valence-electron chi connectivity index (χ0n) is 27.5. The molecule has 2 fully saturated rings. The number of ether oxygens (including phenoxy) is 2. The lowest BCUT2D eigenvalue weighted by Crippen LogP contribution is -2.49. The third-order valence-electron chi connectivity index (χ3n) is 10.8. The standard InChI is InChI=1S/C36H44ClFN4O5S/c1-22-5-3-7-32(46-2)27-11-8-25(27)18-42-20-36(14-4-6-23-15-26(37)10-12-28(23)36)21-47-33-13-9-24(16-31(33)42)34(43)40-48(45,19-22)41-35(44)39-30-17-29(30)38/h3,7,9-10,12-13,15-16,22,25,27,29-30,32H,4-6,8,11,14,17-21H2,1-2H3,(H2,39,40,41,43,44,45)/b7-3-/t22-,25-,27+,29+,30?,32-,36-,48?/m0/s1. The van der Waals surface area contributed by atoms with E-state index in [1.165, 1.54) is 11.1 Å². The molecule has 2 N–H and O–H groups in total. The van der Waals surface area contributed by atoms with Crippen LogP contribution in [-0.4, -0.2) is 67.0 Å². The molecule has 2 aromatic carbocycles. The molecular weight excluding hydrogens is 655 g/mol. The van der Waals surface area contributed by atoms with Gasteiger partial charge in [0.2, 0.25) is 0 Å². The van der Waals surface area contributed by atoms with E-state index in [1.54, 1.807) is 25.3 Å². The number of halogens is 2. The summed E-state index contributed by atoms with van der Waals surface area (Å²) in [6.45, 7) is 3.86. The zero-order valence-corrected chi connectivity index (χ0v) is 29.0. The number of aryl methyl sites for hydroxylation is 1. The van der Waals surface area contributed by atoms with Gasteiger partial charge in [-0.1, -0.05) is 36.7 Å². The van der Waals surface area contributed by atoms with E-state index >= 15 is 0 Å². The number of nitrogens with one attached hydrogen (secondary N) is 2. The number of anilines is 1. The quantitative estimate of drug-likeness (QED) is 0.360. The van der Waals surface area contributed by atoms with Crippen molar-refractivity contribution >= 4 is 39.1 Å². The highest BCUT2D eigenvalue weighted by Crippen LogP contribution is 2.47. The van der Waals surface area contributed by atoms with Crippen LogP contribution in [0.4, 0.5) is 14.9 Å². The van der Waals surface area contributed by atoms with Crippen LogP contribution < -0.4 is 19.7 Å². The monoisotopic (exact) mass is 698 g/mol. The summed E-state index contributed by atoms with van der Waals surface area (Å²) < 4.78 is 46.9. The minimum atomic E-state index is -3.56. The third kappa shape index (κ3) is 6.83. The van der Waals surface area contributed by atoms with E-state index in [9.17, 15) is 18.2 Å². The van der Waals surface area contributed by atoms with E-state index in [0.717, 1.165) is 49.4 Å². The number of carbonyl (C=O) groups is 2. The molecule has 3 aliphatic carbocycles. The van der Waals surface area contributed by atoms with Crippen LogP contribution in [0.15, 0.2) is 52.9 Å². The molecule has 8 atom stereocenters. The summed E-state index contributed by atoms with van der Waals surface area (Å²) in [6, 6.07) is 10.0. The Morgan fingerprint density at radius 1 is 1.23 bits per heavy atom. The van der Waals surface area contributed by atoms with Crippen LogP contribution >= 0.6 is 11.6 Å². The zero-order chi connectivity index (χ0) is 33.6. The van der Waals surface area contributed by atoms with Crippen molar-refractivity contribution in [2.24, 2.45) is 22.1 Å². The highest BCUT2D eigenvalue weighted by atomic mass is 35.5. The first-order chi connectivity index (χ1) is 23.0. The number of benzene rings is 2. The van der Waals surface area contributed by atoms with Gasteiger partial charge in [0.25, 0.3) is 5.91 Å². The second-order valence-electron chi connectivity index (χ2n) is 14.4. The van der Waals surface area contributed by atoms with Crippen molar-refractivity contribution < 1.29 is 27.7 Å². The Morgan fingerprint density at radius 3 is 2.81 bits per heavy atom. The molecule has 2 unspecified atom stereocenters. The molecule has 12 heteroatoms. The van der Waals surface area contributed by atoms with Gasteiger partial charge in [-0.05, 0) is 97.7 Å². The predicted octanol–water partition coefficient (Wildman–Crippen LogP) is 6.38. The molecule has 2 aliphatic heterocycles. The lowest BCUT2D eigenvalue weighted by molar-refractivity contribution is 0.0131. The van der Waals surface area contributed by atoms with Gasteiger partial charge in [-0.15, -0.1) is 4.36 Å². The molecular formula is C36H44ClFN4O5S. The van der Waals surface area contributed by atoms with Crippen LogP contribution in [0.3, 0.4) is 0 Å². The summed E-state index contributed by atoms with van der Waals surface area (Å²) >= 11 is 6.43. The summed E-state index contributed by atoms with van der Waals surface area (Å²) in [4.78, 5) is 28.9. The molecule has 2 bridgehead atoms. The van der Waals surface area contributed by atoms with E-state index < -0.39 is 34.1 Å². The molecule has 258 valence electrons. The number of nitrogens with zero attached hydrogens (tertiary/aromatic N) is 2. The van der Waals surface area contributed by atoms with Crippen molar-refractivity contribution in [2.75, 3.05) is 37.5 Å². The number of methoxy groups -OCH3 is 1. The lowest BCUT2D eigenvalue weighted by atomic mass is 9.68. The fourth-order valence-corrected chi connectivity index (χ4v) is 10.1. The maximum atomic E-state index is 14.2. The van der Waals surface area contributed by atoms with Crippen molar-refractivity contribution in [3.63, 3.8) is 0 Å². The Morgan fingerprint density at radius 2 is 2.06 bits per heavy atom. The van der Waals surface area contributed by atoms with Gasteiger partial charge < -0.3 is 19.7 Å². The minimum absolute atomic E-state index is 0.0456. The smallest absolute Gasteiger partial charge is 0.327 e.